The lowest BCUT2D eigenvalue weighted by molar-refractivity contribution is -0.202. The highest BCUT2D eigenvalue weighted by atomic mass is 16.5. The fourth-order valence-corrected chi connectivity index (χ4v) is 5.32. The van der Waals surface area contributed by atoms with Gasteiger partial charge in [-0.1, -0.05) is 37.1 Å². The first-order valence-electron chi connectivity index (χ1n) is 11.0. The Morgan fingerprint density at radius 3 is 2.00 bits per heavy atom. The van der Waals surface area contributed by atoms with Gasteiger partial charge in [-0.05, 0) is 58.8 Å². The van der Waals surface area contributed by atoms with Crippen LogP contribution in [0.15, 0.2) is 23.3 Å². The van der Waals surface area contributed by atoms with Gasteiger partial charge in [0.15, 0.2) is 0 Å². The molecule has 0 aliphatic heterocycles. The molecule has 0 aromatic carbocycles. The lowest BCUT2D eigenvalue weighted by Gasteiger charge is -2.58. The van der Waals surface area contributed by atoms with Crippen LogP contribution in [0.1, 0.15) is 81.1 Å². The molecule has 0 N–H and O–H groups in total. The number of ketones is 1. The maximum absolute atomic E-state index is 14.0. The van der Waals surface area contributed by atoms with Crippen LogP contribution in [-0.4, -0.2) is 29.9 Å². The van der Waals surface area contributed by atoms with Crippen LogP contribution in [0, 0.1) is 22.7 Å². The lowest BCUT2D eigenvalue weighted by atomic mass is 9.47. The Kier molecular flexibility index (Phi) is 7.36. The van der Waals surface area contributed by atoms with Gasteiger partial charge in [0.25, 0.3) is 0 Å². The zero-order valence-electron chi connectivity index (χ0n) is 19.8. The second kappa shape index (κ2) is 9.07. The van der Waals surface area contributed by atoms with Gasteiger partial charge in [0, 0.05) is 19.8 Å². The third kappa shape index (κ3) is 5.04. The molecule has 0 amide bonds. The second-order valence-electron chi connectivity index (χ2n) is 10.3. The number of Topliss-reactive ketones (excluding diaryl/α,β-unsaturated/α-hetero) is 1. The molecule has 2 rings (SSSR count). The van der Waals surface area contributed by atoms with E-state index in [-0.39, 0.29) is 23.6 Å². The van der Waals surface area contributed by atoms with E-state index in [9.17, 15) is 14.4 Å². The minimum absolute atomic E-state index is 0.00491. The number of ether oxygens (including phenoxy) is 2. The summed E-state index contributed by atoms with van der Waals surface area (Å²) in [6.45, 7) is 15.0. The average Bonchev–Trinajstić information content (AvgIpc) is 2.57. The number of allylic oxidation sites excluding steroid dienone is 4. The Morgan fingerprint density at radius 1 is 0.933 bits per heavy atom. The predicted octanol–water partition coefficient (Wildman–Crippen LogP) is 5.18. The molecule has 5 heteroatoms. The zero-order valence-corrected chi connectivity index (χ0v) is 19.8. The summed E-state index contributed by atoms with van der Waals surface area (Å²) in [5.74, 6) is -1.06. The minimum Gasteiger partial charge on any atom is -0.461 e. The summed E-state index contributed by atoms with van der Waals surface area (Å²) in [6.07, 6.45) is 5.67. The van der Waals surface area contributed by atoms with Crippen molar-refractivity contribution < 1.29 is 23.9 Å². The molecule has 0 aromatic heterocycles. The van der Waals surface area contributed by atoms with Crippen molar-refractivity contribution in [1.29, 1.82) is 0 Å². The zero-order chi connectivity index (χ0) is 22.9. The fourth-order valence-electron chi connectivity index (χ4n) is 5.32. The van der Waals surface area contributed by atoms with E-state index >= 15 is 0 Å². The van der Waals surface area contributed by atoms with Crippen LogP contribution in [0.3, 0.4) is 0 Å². The van der Waals surface area contributed by atoms with E-state index < -0.39 is 29.0 Å². The molecule has 0 spiro atoms. The number of carbonyl (C=O) groups excluding carboxylic acids is 3. The van der Waals surface area contributed by atoms with Crippen molar-refractivity contribution >= 4 is 17.7 Å². The molecule has 5 nitrogen and oxygen atoms in total. The highest BCUT2D eigenvalue weighted by molar-refractivity contribution is 5.91. The van der Waals surface area contributed by atoms with Crippen molar-refractivity contribution in [1.82, 2.24) is 0 Å². The molecule has 30 heavy (non-hydrogen) atoms. The quantitative estimate of drug-likeness (QED) is 0.439. The third-order valence-electron chi connectivity index (χ3n) is 6.68. The number of hydrogen-bond acceptors (Lipinski definition) is 5. The van der Waals surface area contributed by atoms with Gasteiger partial charge in [-0.3, -0.25) is 14.4 Å². The van der Waals surface area contributed by atoms with Crippen LogP contribution in [0.25, 0.3) is 0 Å². The average molecular weight is 419 g/mol. The number of hydrogen-bond donors (Lipinski definition) is 0. The van der Waals surface area contributed by atoms with E-state index in [1.54, 1.807) is 0 Å². The number of esters is 2. The van der Waals surface area contributed by atoms with E-state index in [2.05, 4.69) is 12.2 Å². The van der Waals surface area contributed by atoms with Crippen LogP contribution in [0.2, 0.25) is 0 Å². The molecule has 5 atom stereocenters. The number of rotatable bonds is 6. The predicted molar refractivity (Wildman–Crippen MR) is 117 cm³/mol. The Balaban J connectivity index is 2.63. The van der Waals surface area contributed by atoms with Gasteiger partial charge in [0.05, 0.1) is 11.3 Å². The first-order chi connectivity index (χ1) is 13.8. The van der Waals surface area contributed by atoms with Gasteiger partial charge < -0.3 is 9.47 Å². The Labute approximate surface area is 181 Å². The maximum Gasteiger partial charge on any atom is 0.302 e. The molecule has 2 aliphatic rings. The van der Waals surface area contributed by atoms with Crippen LogP contribution in [0.4, 0.5) is 0 Å². The van der Waals surface area contributed by atoms with Crippen molar-refractivity contribution in [3.63, 3.8) is 0 Å². The summed E-state index contributed by atoms with van der Waals surface area (Å²) >= 11 is 0. The number of carbonyl (C=O) groups is 3. The Hall–Kier alpha value is -1.91. The molecule has 0 aromatic rings. The molecule has 0 heterocycles. The molecule has 168 valence electrons. The van der Waals surface area contributed by atoms with E-state index in [0.29, 0.717) is 19.3 Å². The molecule has 2 saturated carbocycles. The van der Waals surface area contributed by atoms with Gasteiger partial charge >= 0.3 is 11.9 Å². The topological polar surface area (TPSA) is 69.7 Å². The summed E-state index contributed by atoms with van der Waals surface area (Å²) in [7, 11) is 0. The molecule has 0 saturated heterocycles. The maximum atomic E-state index is 14.0. The summed E-state index contributed by atoms with van der Waals surface area (Å²) < 4.78 is 11.6. The molecule has 0 radical (unpaired) electrons. The highest BCUT2D eigenvalue weighted by Gasteiger charge is 2.65. The fraction of sp³-hybridized carbons (Fsp3) is 0.720. The van der Waals surface area contributed by atoms with Crippen molar-refractivity contribution in [2.24, 2.45) is 22.7 Å². The standard InChI is InChI=1S/C25H38O5/c1-15(2)9-10-19-13-25(12-11-16(3)4)20(29-17(5)26)14-24(7,8)21(23(25)28)22(19)30-18(6)27/h9,11,19-22H,10,12-14H2,1-8H3/t19-,20+,21-,22+,25-/m0/s1. The van der Waals surface area contributed by atoms with Crippen LogP contribution < -0.4 is 0 Å². The molecule has 2 fully saturated rings. The largest absolute Gasteiger partial charge is 0.461 e. The lowest BCUT2D eigenvalue weighted by Crippen LogP contribution is -2.65. The van der Waals surface area contributed by atoms with Crippen molar-refractivity contribution in [3.05, 3.63) is 23.3 Å². The molecule has 0 unspecified atom stereocenters. The normalized spacial score (nSPS) is 32.1. The van der Waals surface area contributed by atoms with Crippen molar-refractivity contribution in [2.45, 2.75) is 93.3 Å². The van der Waals surface area contributed by atoms with Gasteiger partial charge in [0.1, 0.15) is 18.0 Å². The Morgan fingerprint density at radius 2 is 1.50 bits per heavy atom. The van der Waals surface area contributed by atoms with Crippen molar-refractivity contribution in [3.8, 4) is 0 Å². The highest BCUT2D eigenvalue weighted by Crippen LogP contribution is 2.59. The van der Waals surface area contributed by atoms with Gasteiger partial charge in [0.2, 0.25) is 0 Å². The minimum atomic E-state index is -0.778. The van der Waals surface area contributed by atoms with E-state index in [1.165, 1.54) is 19.4 Å². The summed E-state index contributed by atoms with van der Waals surface area (Å²) in [5, 5.41) is 0. The second-order valence-corrected chi connectivity index (χ2v) is 10.3. The molecular formula is C25H38O5. The van der Waals surface area contributed by atoms with Gasteiger partial charge in [-0.2, -0.15) is 0 Å². The van der Waals surface area contributed by atoms with E-state index in [0.717, 1.165) is 12.0 Å². The first-order valence-corrected chi connectivity index (χ1v) is 11.0. The summed E-state index contributed by atoms with van der Waals surface area (Å²) in [4.78, 5) is 37.9. The monoisotopic (exact) mass is 418 g/mol. The van der Waals surface area contributed by atoms with Crippen LogP contribution >= 0.6 is 0 Å². The molecular weight excluding hydrogens is 380 g/mol. The SMILES string of the molecule is CC(=O)O[C@@H]1[C@@H](CC=C(C)C)C[C@]2(CC=C(C)C)C(=O)[C@H]1C(C)(C)C[C@H]2OC(C)=O. The number of fused-ring (bicyclic) bond motifs is 2. The third-order valence-corrected chi connectivity index (χ3v) is 6.68. The van der Waals surface area contributed by atoms with E-state index in [4.69, 9.17) is 9.47 Å². The van der Waals surface area contributed by atoms with Gasteiger partial charge in [-0.15, -0.1) is 0 Å². The Bertz CT molecular complexity index is 738. The summed E-state index contributed by atoms with van der Waals surface area (Å²) in [5.41, 5.74) is 1.09. The molecule has 2 bridgehead atoms. The van der Waals surface area contributed by atoms with Crippen molar-refractivity contribution in [2.75, 3.05) is 0 Å². The van der Waals surface area contributed by atoms with Crippen LogP contribution in [0.5, 0.6) is 0 Å². The van der Waals surface area contributed by atoms with E-state index in [1.807, 2.05) is 41.5 Å². The first kappa shape index (κ1) is 24.4. The molecule has 2 aliphatic carbocycles. The van der Waals surface area contributed by atoms with Gasteiger partial charge in [-0.25, -0.2) is 0 Å². The van der Waals surface area contributed by atoms with Crippen LogP contribution in [-0.2, 0) is 23.9 Å². The summed E-state index contributed by atoms with van der Waals surface area (Å²) in [6, 6.07) is 0. The smallest absolute Gasteiger partial charge is 0.302 e.